The minimum Gasteiger partial charge on any atom is -0.477 e. The van der Waals surface area contributed by atoms with Gasteiger partial charge in [-0.05, 0) is 17.9 Å². The van der Waals surface area contributed by atoms with Gasteiger partial charge in [0.05, 0.1) is 23.7 Å². The lowest BCUT2D eigenvalue weighted by molar-refractivity contribution is 0.0692. The van der Waals surface area contributed by atoms with Crippen LogP contribution >= 0.6 is 0 Å². The number of anilines is 2. The number of hydrogen-bond donors (Lipinski definition) is 3. The molecule has 4 rings (SSSR count). The molecule has 0 bridgehead atoms. The highest BCUT2D eigenvalue weighted by atomic mass is 19.1. The minimum absolute atomic E-state index is 0.0237. The van der Waals surface area contributed by atoms with E-state index in [4.69, 9.17) is 0 Å². The molecule has 11 heteroatoms. The summed E-state index contributed by atoms with van der Waals surface area (Å²) in [6.07, 6.45) is 2.09. The number of halogens is 3. The molecule has 0 amide bonds. The summed E-state index contributed by atoms with van der Waals surface area (Å²) in [6, 6.07) is 1.97. The first kappa shape index (κ1) is 25.5. The summed E-state index contributed by atoms with van der Waals surface area (Å²) >= 11 is 0. The second kappa shape index (κ2) is 9.45. The van der Waals surface area contributed by atoms with Crippen molar-refractivity contribution in [3.05, 3.63) is 63.2 Å². The highest BCUT2D eigenvalue weighted by Crippen LogP contribution is 2.35. The van der Waals surface area contributed by atoms with Gasteiger partial charge in [-0.3, -0.25) is 4.79 Å². The number of fused-ring (bicyclic) bond motifs is 1. The van der Waals surface area contributed by atoms with E-state index in [1.807, 2.05) is 25.7 Å². The van der Waals surface area contributed by atoms with E-state index in [0.29, 0.717) is 31.0 Å². The quantitative estimate of drug-likeness (QED) is 0.448. The van der Waals surface area contributed by atoms with Crippen LogP contribution in [-0.2, 0) is 6.54 Å². The summed E-state index contributed by atoms with van der Waals surface area (Å²) in [7, 11) is 0. The van der Waals surface area contributed by atoms with Gasteiger partial charge in [-0.1, -0.05) is 20.8 Å². The number of nitrogens with zero attached hydrogens (tertiary/aromatic N) is 3. The van der Waals surface area contributed by atoms with Crippen molar-refractivity contribution in [2.45, 2.75) is 39.8 Å². The number of benzene rings is 1. The first-order valence-corrected chi connectivity index (χ1v) is 11.5. The normalized spacial score (nSPS) is 14.6. The number of rotatable bonds is 7. The van der Waals surface area contributed by atoms with Crippen LogP contribution in [-0.4, -0.2) is 45.4 Å². The van der Waals surface area contributed by atoms with Crippen molar-refractivity contribution in [3.63, 3.8) is 0 Å². The van der Waals surface area contributed by atoms with E-state index in [2.05, 4.69) is 10.3 Å². The Hall–Kier alpha value is -3.60. The second-order valence-corrected chi connectivity index (χ2v) is 9.92. The fourth-order valence-electron chi connectivity index (χ4n) is 4.25. The van der Waals surface area contributed by atoms with Crippen molar-refractivity contribution in [2.24, 2.45) is 5.41 Å². The Morgan fingerprint density at radius 1 is 1.17 bits per heavy atom. The molecule has 192 valence electrons. The zero-order valence-electron chi connectivity index (χ0n) is 20.1. The average Bonchev–Trinajstić information content (AvgIpc) is 2.73. The largest absolute Gasteiger partial charge is 0.477 e. The molecule has 1 saturated heterocycles. The number of aliphatic hydroxyl groups excluding tert-OH is 1. The van der Waals surface area contributed by atoms with Gasteiger partial charge in [0, 0.05) is 43.5 Å². The standard InChI is InChI=1S/C25H27F3N4O4/c1-25(2,3)20(12-33)32-11-16(24(35)36)21(34)14-9-19(23(30-22(14)32)31-5-4-6-31)29-10-15-17(27)7-13(26)8-18(15)28/h7-9,11,20,29,33H,4-6,10,12H2,1-3H3,(H,35,36). The predicted octanol–water partition coefficient (Wildman–Crippen LogP) is 3.91. The smallest absolute Gasteiger partial charge is 0.341 e. The number of nitrogens with one attached hydrogen (secondary N) is 1. The van der Waals surface area contributed by atoms with E-state index in [-0.39, 0.29) is 29.9 Å². The molecule has 0 aliphatic carbocycles. The van der Waals surface area contributed by atoms with Crippen LogP contribution in [0, 0.1) is 22.9 Å². The first-order chi connectivity index (χ1) is 16.9. The van der Waals surface area contributed by atoms with E-state index in [0.717, 1.165) is 6.42 Å². The fourth-order valence-corrected chi connectivity index (χ4v) is 4.25. The molecule has 1 aliphatic heterocycles. The molecule has 3 aromatic rings. The third-order valence-electron chi connectivity index (χ3n) is 6.44. The third-order valence-corrected chi connectivity index (χ3v) is 6.44. The van der Waals surface area contributed by atoms with E-state index >= 15 is 0 Å². The lowest BCUT2D eigenvalue weighted by Crippen LogP contribution is -2.38. The van der Waals surface area contributed by atoms with Gasteiger partial charge < -0.3 is 25.0 Å². The monoisotopic (exact) mass is 504 g/mol. The maximum absolute atomic E-state index is 14.2. The lowest BCUT2D eigenvalue weighted by atomic mass is 9.86. The number of hydrogen-bond acceptors (Lipinski definition) is 6. The van der Waals surface area contributed by atoms with Gasteiger partial charge in [0.2, 0.25) is 5.43 Å². The Morgan fingerprint density at radius 3 is 2.31 bits per heavy atom. The molecule has 2 aromatic heterocycles. The van der Waals surface area contributed by atoms with Crippen molar-refractivity contribution >= 4 is 28.5 Å². The summed E-state index contributed by atoms with van der Waals surface area (Å²) in [6.45, 7) is 6.24. The van der Waals surface area contributed by atoms with Crippen LogP contribution in [0.2, 0.25) is 0 Å². The summed E-state index contributed by atoms with van der Waals surface area (Å²) < 4.78 is 43.2. The zero-order valence-corrected chi connectivity index (χ0v) is 20.1. The number of carboxylic acids is 1. The van der Waals surface area contributed by atoms with Crippen molar-refractivity contribution in [1.82, 2.24) is 9.55 Å². The number of aliphatic hydroxyl groups is 1. The molecule has 3 N–H and O–H groups in total. The van der Waals surface area contributed by atoms with Crippen LogP contribution in [0.15, 0.2) is 29.2 Å². The Morgan fingerprint density at radius 2 is 1.81 bits per heavy atom. The molecular formula is C25H27F3N4O4. The first-order valence-electron chi connectivity index (χ1n) is 11.5. The molecule has 1 atom stereocenters. The SMILES string of the molecule is CC(C)(C)C(CO)n1cc(C(=O)O)c(=O)c2cc(NCc3c(F)cc(F)cc3F)c(N3CCC3)nc21. The van der Waals surface area contributed by atoms with Gasteiger partial charge in [-0.15, -0.1) is 0 Å². The third kappa shape index (κ3) is 4.62. The van der Waals surface area contributed by atoms with Gasteiger partial charge in [0.15, 0.2) is 5.82 Å². The Balaban J connectivity index is 1.92. The second-order valence-electron chi connectivity index (χ2n) is 9.92. The summed E-state index contributed by atoms with van der Waals surface area (Å²) in [5.41, 5.74) is -1.72. The molecule has 1 fully saturated rings. The maximum Gasteiger partial charge on any atom is 0.341 e. The van der Waals surface area contributed by atoms with Crippen LogP contribution in [0.4, 0.5) is 24.7 Å². The van der Waals surface area contributed by atoms with Crippen molar-refractivity contribution in [3.8, 4) is 0 Å². The number of aromatic carboxylic acids is 1. The van der Waals surface area contributed by atoms with Crippen LogP contribution in [0.25, 0.3) is 11.0 Å². The van der Waals surface area contributed by atoms with Crippen LogP contribution in [0.1, 0.15) is 49.2 Å². The summed E-state index contributed by atoms with van der Waals surface area (Å²) in [4.78, 5) is 31.6. The van der Waals surface area contributed by atoms with Gasteiger partial charge in [0.1, 0.15) is 28.7 Å². The predicted molar refractivity (Wildman–Crippen MR) is 129 cm³/mol. The van der Waals surface area contributed by atoms with Crippen LogP contribution in [0.5, 0.6) is 0 Å². The maximum atomic E-state index is 14.2. The van der Waals surface area contributed by atoms with Crippen molar-refractivity contribution in [1.29, 1.82) is 0 Å². The van der Waals surface area contributed by atoms with Crippen LogP contribution in [0.3, 0.4) is 0 Å². The lowest BCUT2D eigenvalue weighted by Gasteiger charge is -2.35. The molecular weight excluding hydrogens is 477 g/mol. The molecule has 1 aliphatic rings. The molecule has 0 radical (unpaired) electrons. The molecule has 0 saturated carbocycles. The van der Waals surface area contributed by atoms with Crippen LogP contribution < -0.4 is 15.6 Å². The number of pyridine rings is 2. The Labute approximate surface area is 205 Å². The number of carbonyl (C=O) groups is 1. The van der Waals surface area contributed by atoms with E-state index in [1.54, 1.807) is 0 Å². The van der Waals surface area contributed by atoms with Gasteiger partial charge >= 0.3 is 5.97 Å². The minimum atomic E-state index is -1.43. The van der Waals surface area contributed by atoms with E-state index in [1.165, 1.54) is 16.8 Å². The molecule has 0 spiro atoms. The average molecular weight is 505 g/mol. The molecule has 36 heavy (non-hydrogen) atoms. The van der Waals surface area contributed by atoms with Gasteiger partial charge in [0.25, 0.3) is 0 Å². The van der Waals surface area contributed by atoms with E-state index in [9.17, 15) is 33.0 Å². The number of aromatic nitrogens is 2. The Kier molecular flexibility index (Phi) is 6.70. The summed E-state index contributed by atoms with van der Waals surface area (Å²) in [5, 5.41) is 22.7. The van der Waals surface area contributed by atoms with E-state index < -0.39 is 51.4 Å². The molecule has 3 heterocycles. The molecule has 1 unspecified atom stereocenters. The topological polar surface area (TPSA) is 108 Å². The highest BCUT2D eigenvalue weighted by molar-refractivity contribution is 5.93. The summed E-state index contributed by atoms with van der Waals surface area (Å²) in [5.74, 6) is -4.19. The zero-order chi connectivity index (χ0) is 26.4. The number of carboxylic acid groups (broad SMARTS) is 1. The fraction of sp³-hybridized carbons (Fsp3) is 0.400. The molecule has 8 nitrogen and oxygen atoms in total. The molecule has 1 aromatic carbocycles. The Bertz CT molecular complexity index is 1370. The van der Waals surface area contributed by atoms with Gasteiger partial charge in [-0.25, -0.2) is 22.9 Å². The van der Waals surface area contributed by atoms with Gasteiger partial charge in [-0.2, -0.15) is 0 Å². The van der Waals surface area contributed by atoms with Crippen molar-refractivity contribution in [2.75, 3.05) is 29.9 Å². The van der Waals surface area contributed by atoms with Crippen molar-refractivity contribution < 1.29 is 28.2 Å². The highest BCUT2D eigenvalue weighted by Gasteiger charge is 2.30.